The molecule has 0 spiro atoms. The zero-order valence-electron chi connectivity index (χ0n) is 18.1. The van der Waals surface area contributed by atoms with E-state index in [0.717, 1.165) is 11.3 Å². The van der Waals surface area contributed by atoms with E-state index in [1.165, 1.54) is 24.9 Å². The number of phenols is 1. The summed E-state index contributed by atoms with van der Waals surface area (Å²) in [6.45, 7) is 1.67. The van der Waals surface area contributed by atoms with Gasteiger partial charge in [-0.15, -0.1) is 0 Å². The van der Waals surface area contributed by atoms with Crippen LogP contribution in [-0.4, -0.2) is 29.9 Å². The van der Waals surface area contributed by atoms with Crippen molar-refractivity contribution in [3.63, 3.8) is 0 Å². The van der Waals surface area contributed by atoms with Crippen LogP contribution in [0.4, 0.5) is 0 Å². The Hall–Kier alpha value is -2.59. The summed E-state index contributed by atoms with van der Waals surface area (Å²) in [7, 11) is 2.75. The molecule has 0 fully saturated rings. The fraction of sp³-hybridized carbons (Fsp3) is 0.174. The molecule has 0 saturated heterocycles. The molecule has 0 radical (unpaired) electrons. The summed E-state index contributed by atoms with van der Waals surface area (Å²) in [5.74, 6) is -0.245. The number of benzene rings is 2. The standard InChI is InChI=1S/C23H17BrCl2N2O5S/c1-10-18(22(31)33-3)19(14-8-12(25)4-5-16(14)32-2)28-21(30)17(34-23(28)27-10)7-11-6-13(26)9-15(24)20(11)29/h4-9,19,29H,1-3H3/b17-7-/t19-/m0/s1. The van der Waals surface area contributed by atoms with E-state index in [9.17, 15) is 14.7 Å². The van der Waals surface area contributed by atoms with Gasteiger partial charge in [-0.05, 0) is 59.3 Å². The maximum atomic E-state index is 13.6. The zero-order valence-corrected chi connectivity index (χ0v) is 22.0. The highest BCUT2D eigenvalue weighted by atomic mass is 79.9. The van der Waals surface area contributed by atoms with Crippen LogP contribution in [0.2, 0.25) is 10.0 Å². The maximum Gasteiger partial charge on any atom is 0.338 e. The van der Waals surface area contributed by atoms with Crippen molar-refractivity contribution >= 4 is 62.5 Å². The quantitative estimate of drug-likeness (QED) is 0.465. The van der Waals surface area contributed by atoms with Gasteiger partial charge < -0.3 is 14.6 Å². The average Bonchev–Trinajstić information content (AvgIpc) is 3.10. The van der Waals surface area contributed by atoms with Gasteiger partial charge in [0.1, 0.15) is 17.5 Å². The van der Waals surface area contributed by atoms with Crippen LogP contribution < -0.4 is 19.6 Å². The summed E-state index contributed by atoms with van der Waals surface area (Å²) in [6.07, 6.45) is 1.53. The monoisotopic (exact) mass is 582 g/mol. The molecule has 34 heavy (non-hydrogen) atoms. The molecule has 2 heterocycles. The number of ether oxygens (including phenoxy) is 2. The number of nitrogens with zero attached hydrogens (tertiary/aromatic N) is 2. The molecule has 1 N–H and O–H groups in total. The predicted octanol–water partition coefficient (Wildman–Crippen LogP) is 4.19. The highest BCUT2D eigenvalue weighted by molar-refractivity contribution is 9.10. The van der Waals surface area contributed by atoms with E-state index in [2.05, 4.69) is 20.9 Å². The number of esters is 1. The Morgan fingerprint density at radius 3 is 2.65 bits per heavy atom. The molecule has 1 atom stereocenters. The molecule has 2 aromatic carbocycles. The van der Waals surface area contributed by atoms with Crippen molar-refractivity contribution in [1.29, 1.82) is 0 Å². The highest BCUT2D eigenvalue weighted by Crippen LogP contribution is 2.37. The zero-order chi connectivity index (χ0) is 24.7. The smallest absolute Gasteiger partial charge is 0.338 e. The van der Waals surface area contributed by atoms with Crippen molar-refractivity contribution in [2.24, 2.45) is 4.99 Å². The first-order chi connectivity index (χ1) is 16.2. The molecule has 0 bridgehead atoms. The van der Waals surface area contributed by atoms with Crippen molar-refractivity contribution in [3.8, 4) is 11.5 Å². The van der Waals surface area contributed by atoms with Gasteiger partial charge in [0.15, 0.2) is 4.80 Å². The third-order valence-electron chi connectivity index (χ3n) is 5.26. The first kappa shape index (κ1) is 24.5. The van der Waals surface area contributed by atoms with E-state index in [4.69, 9.17) is 32.7 Å². The summed E-state index contributed by atoms with van der Waals surface area (Å²) in [6, 6.07) is 7.17. The van der Waals surface area contributed by atoms with Crippen LogP contribution in [0.5, 0.6) is 11.5 Å². The summed E-state index contributed by atoms with van der Waals surface area (Å²) >= 11 is 16.8. The number of fused-ring (bicyclic) bond motifs is 1. The van der Waals surface area contributed by atoms with Crippen LogP contribution in [0.15, 0.2) is 55.9 Å². The summed E-state index contributed by atoms with van der Waals surface area (Å²) in [5, 5.41) is 11.2. The number of carbonyl (C=O) groups excluding carboxylic acids is 1. The molecule has 1 aromatic heterocycles. The molecule has 0 amide bonds. The number of carbonyl (C=O) groups is 1. The van der Waals surface area contributed by atoms with Crippen molar-refractivity contribution < 1.29 is 19.4 Å². The molecule has 7 nitrogen and oxygen atoms in total. The second-order valence-corrected chi connectivity index (χ2v) is 10.0. The Kier molecular flexibility index (Phi) is 6.91. The van der Waals surface area contributed by atoms with Crippen molar-refractivity contribution in [3.05, 3.63) is 86.9 Å². The molecule has 0 unspecified atom stereocenters. The number of hydrogen-bond donors (Lipinski definition) is 1. The fourth-order valence-corrected chi connectivity index (χ4v) is 5.79. The van der Waals surface area contributed by atoms with Gasteiger partial charge in [-0.1, -0.05) is 34.5 Å². The number of hydrogen-bond acceptors (Lipinski definition) is 7. The third-order valence-corrected chi connectivity index (χ3v) is 7.30. The molecule has 3 aromatic rings. The van der Waals surface area contributed by atoms with Crippen LogP contribution in [0.3, 0.4) is 0 Å². The fourth-order valence-electron chi connectivity index (χ4n) is 3.74. The van der Waals surface area contributed by atoms with E-state index in [0.29, 0.717) is 41.9 Å². The molecule has 4 rings (SSSR count). The van der Waals surface area contributed by atoms with Gasteiger partial charge in [-0.3, -0.25) is 9.36 Å². The van der Waals surface area contributed by atoms with Crippen LogP contribution in [0.1, 0.15) is 24.1 Å². The van der Waals surface area contributed by atoms with Crippen LogP contribution in [-0.2, 0) is 9.53 Å². The van der Waals surface area contributed by atoms with E-state index >= 15 is 0 Å². The third kappa shape index (κ3) is 4.29. The molecular weight excluding hydrogens is 567 g/mol. The van der Waals surface area contributed by atoms with Crippen molar-refractivity contribution in [1.82, 2.24) is 4.57 Å². The molecule has 11 heteroatoms. The minimum absolute atomic E-state index is 0.0604. The van der Waals surface area contributed by atoms with Crippen LogP contribution in [0, 0.1) is 0 Å². The molecular formula is C23H17BrCl2N2O5S. The van der Waals surface area contributed by atoms with Gasteiger partial charge >= 0.3 is 5.97 Å². The Balaban J connectivity index is 2.05. The summed E-state index contributed by atoms with van der Waals surface area (Å²) < 4.78 is 12.6. The first-order valence-corrected chi connectivity index (χ1v) is 12.1. The lowest BCUT2D eigenvalue weighted by Gasteiger charge is -2.25. The predicted molar refractivity (Wildman–Crippen MR) is 135 cm³/mol. The number of aromatic nitrogens is 1. The number of phenolic OH excluding ortho intramolecular Hbond substituents is 1. The number of allylic oxidation sites excluding steroid dienone is 1. The van der Waals surface area contributed by atoms with E-state index in [1.54, 1.807) is 37.3 Å². The Morgan fingerprint density at radius 2 is 1.97 bits per heavy atom. The number of halogens is 3. The summed E-state index contributed by atoms with van der Waals surface area (Å²) in [4.78, 5) is 31.3. The molecule has 176 valence electrons. The highest BCUT2D eigenvalue weighted by Gasteiger charge is 2.35. The number of aromatic hydroxyl groups is 1. The van der Waals surface area contributed by atoms with Crippen LogP contribution >= 0.6 is 50.5 Å². The number of rotatable bonds is 4. The molecule has 1 aliphatic heterocycles. The minimum Gasteiger partial charge on any atom is -0.506 e. The van der Waals surface area contributed by atoms with E-state index < -0.39 is 17.6 Å². The van der Waals surface area contributed by atoms with E-state index in [-0.39, 0.29) is 15.9 Å². The Morgan fingerprint density at radius 1 is 1.24 bits per heavy atom. The molecule has 0 aliphatic carbocycles. The van der Waals surface area contributed by atoms with Gasteiger partial charge in [0, 0.05) is 21.2 Å². The Labute approximate surface area is 216 Å². The lowest BCUT2D eigenvalue weighted by Crippen LogP contribution is -2.40. The van der Waals surface area contributed by atoms with Gasteiger partial charge in [-0.25, -0.2) is 9.79 Å². The first-order valence-electron chi connectivity index (χ1n) is 9.78. The van der Waals surface area contributed by atoms with Crippen molar-refractivity contribution in [2.45, 2.75) is 13.0 Å². The van der Waals surface area contributed by atoms with Gasteiger partial charge in [0.05, 0.1) is 34.5 Å². The van der Waals surface area contributed by atoms with Gasteiger partial charge in [-0.2, -0.15) is 0 Å². The summed E-state index contributed by atoms with van der Waals surface area (Å²) in [5.41, 5.74) is 1.03. The van der Waals surface area contributed by atoms with E-state index in [1.807, 2.05) is 0 Å². The molecule has 0 saturated carbocycles. The topological polar surface area (TPSA) is 90.1 Å². The van der Waals surface area contributed by atoms with Gasteiger partial charge in [0.2, 0.25) is 0 Å². The number of thiazole rings is 1. The second-order valence-electron chi connectivity index (χ2n) is 7.29. The Bertz CT molecular complexity index is 1540. The SMILES string of the molecule is COC(=O)C1=C(C)N=c2s/c(=C\c3cc(Cl)cc(Br)c3O)c(=O)n2[C@H]1c1cc(Cl)ccc1OC. The van der Waals surface area contributed by atoms with Crippen molar-refractivity contribution in [2.75, 3.05) is 14.2 Å². The average molecular weight is 584 g/mol. The largest absolute Gasteiger partial charge is 0.506 e. The number of methoxy groups -OCH3 is 2. The lowest BCUT2D eigenvalue weighted by atomic mass is 9.95. The normalized spacial score (nSPS) is 15.7. The van der Waals surface area contributed by atoms with Crippen LogP contribution in [0.25, 0.3) is 6.08 Å². The van der Waals surface area contributed by atoms with Gasteiger partial charge in [0.25, 0.3) is 5.56 Å². The lowest BCUT2D eigenvalue weighted by molar-refractivity contribution is -0.136. The molecule has 1 aliphatic rings. The minimum atomic E-state index is -0.890. The second kappa shape index (κ2) is 9.58. The maximum absolute atomic E-state index is 13.6.